The van der Waals surface area contributed by atoms with Crippen molar-refractivity contribution < 1.29 is 17.9 Å². The lowest BCUT2D eigenvalue weighted by atomic mass is 9.72. The van der Waals surface area contributed by atoms with E-state index in [4.69, 9.17) is 9.72 Å². The fourth-order valence-corrected chi connectivity index (χ4v) is 4.81. The molecule has 0 saturated carbocycles. The van der Waals surface area contributed by atoms with Gasteiger partial charge in [-0.1, -0.05) is 0 Å². The summed E-state index contributed by atoms with van der Waals surface area (Å²) >= 11 is 0. The Labute approximate surface area is 182 Å². The normalized spacial score (nSPS) is 21.1. The number of pyridine rings is 1. The molecule has 3 aromatic rings. The highest BCUT2D eigenvalue weighted by atomic mass is 19.4. The van der Waals surface area contributed by atoms with Crippen LogP contribution in [0.5, 0.6) is 0 Å². The Kier molecular flexibility index (Phi) is 4.33. The summed E-state index contributed by atoms with van der Waals surface area (Å²) in [6.07, 6.45) is 2.33. The first-order chi connectivity index (χ1) is 15.4. The summed E-state index contributed by atoms with van der Waals surface area (Å²) in [7, 11) is 0. The second-order valence-electron chi connectivity index (χ2n) is 8.96. The van der Waals surface area contributed by atoms with E-state index < -0.39 is 11.7 Å². The predicted octanol–water partition coefficient (Wildman–Crippen LogP) is 2.92. The number of halogens is 3. The minimum absolute atomic E-state index is 0.120. The van der Waals surface area contributed by atoms with Gasteiger partial charge in [-0.3, -0.25) is 0 Å². The maximum Gasteiger partial charge on any atom is 0.416 e. The molecule has 3 aliphatic heterocycles. The van der Waals surface area contributed by atoms with Gasteiger partial charge >= 0.3 is 6.18 Å². The Balaban J connectivity index is 1.12. The van der Waals surface area contributed by atoms with E-state index in [1.54, 1.807) is 12.4 Å². The van der Waals surface area contributed by atoms with Crippen LogP contribution in [0.3, 0.4) is 0 Å². The van der Waals surface area contributed by atoms with E-state index in [1.165, 1.54) is 6.20 Å². The highest BCUT2D eigenvalue weighted by Gasteiger charge is 2.46. The van der Waals surface area contributed by atoms with Crippen molar-refractivity contribution in [3.8, 4) is 0 Å². The van der Waals surface area contributed by atoms with E-state index in [-0.39, 0.29) is 11.5 Å². The summed E-state index contributed by atoms with van der Waals surface area (Å²) in [4.78, 5) is 17.7. The molecule has 168 valence electrons. The molecule has 1 spiro atoms. The minimum atomic E-state index is -4.35. The third-order valence-electron chi connectivity index (χ3n) is 6.85. The molecule has 3 saturated heterocycles. The first-order valence-corrected chi connectivity index (χ1v) is 10.7. The van der Waals surface area contributed by atoms with Crippen molar-refractivity contribution >= 4 is 22.8 Å². The van der Waals surface area contributed by atoms with Gasteiger partial charge in [0, 0.05) is 37.8 Å². The van der Waals surface area contributed by atoms with Crippen LogP contribution in [0.2, 0.25) is 0 Å². The molecule has 8 nitrogen and oxygen atoms in total. The number of aromatic nitrogens is 5. The lowest BCUT2D eigenvalue weighted by Gasteiger charge is -2.54. The van der Waals surface area contributed by atoms with E-state index in [2.05, 4.69) is 20.0 Å². The van der Waals surface area contributed by atoms with Gasteiger partial charge in [-0.25, -0.2) is 19.6 Å². The minimum Gasteiger partial charge on any atom is -0.377 e. The molecule has 0 atom stereocenters. The Morgan fingerprint density at radius 2 is 1.78 bits per heavy atom. The summed E-state index contributed by atoms with van der Waals surface area (Å²) in [6, 6.07) is 2.37. The summed E-state index contributed by atoms with van der Waals surface area (Å²) in [5, 5.41) is 4.42. The highest BCUT2D eigenvalue weighted by Crippen LogP contribution is 2.43. The summed E-state index contributed by atoms with van der Waals surface area (Å²) in [5.41, 5.74) is 1.02. The molecule has 0 unspecified atom stereocenters. The van der Waals surface area contributed by atoms with Crippen LogP contribution in [0.1, 0.15) is 24.4 Å². The number of piperidine rings is 1. The van der Waals surface area contributed by atoms with Crippen molar-refractivity contribution in [3.63, 3.8) is 0 Å². The lowest BCUT2D eigenvalue weighted by Crippen LogP contribution is -2.61. The number of alkyl halides is 3. The molecule has 0 aromatic carbocycles. The zero-order chi connectivity index (χ0) is 21.9. The number of hydrogen-bond donors (Lipinski definition) is 0. The maximum atomic E-state index is 13.0. The van der Waals surface area contributed by atoms with Gasteiger partial charge in [0.1, 0.15) is 23.2 Å². The third kappa shape index (κ3) is 3.26. The molecule has 0 N–H and O–H groups in total. The molecule has 3 fully saturated rings. The molecule has 6 rings (SSSR count). The van der Waals surface area contributed by atoms with Crippen LogP contribution < -0.4 is 9.80 Å². The van der Waals surface area contributed by atoms with E-state index >= 15 is 0 Å². The molecule has 0 radical (unpaired) electrons. The second kappa shape index (κ2) is 7.03. The van der Waals surface area contributed by atoms with Gasteiger partial charge in [0.15, 0.2) is 5.65 Å². The number of anilines is 2. The Morgan fingerprint density at radius 3 is 2.47 bits per heavy atom. The number of rotatable bonds is 3. The fraction of sp³-hybridized carbons (Fsp3) is 0.524. The van der Waals surface area contributed by atoms with E-state index in [9.17, 15) is 13.2 Å². The Bertz CT molecular complexity index is 1140. The second-order valence-corrected chi connectivity index (χ2v) is 8.96. The molecule has 0 aliphatic carbocycles. The molecule has 11 heteroatoms. The van der Waals surface area contributed by atoms with Crippen molar-refractivity contribution in [3.05, 3.63) is 36.3 Å². The molecule has 3 aliphatic rings. The van der Waals surface area contributed by atoms with Gasteiger partial charge in [0.2, 0.25) is 0 Å². The summed E-state index contributed by atoms with van der Waals surface area (Å²) in [5.74, 6) is 1.24. The van der Waals surface area contributed by atoms with Gasteiger partial charge in [0.05, 0.1) is 31.2 Å². The van der Waals surface area contributed by atoms with Crippen molar-refractivity contribution in [1.82, 2.24) is 24.7 Å². The van der Waals surface area contributed by atoms with Crippen molar-refractivity contribution in [2.45, 2.75) is 25.1 Å². The topological polar surface area (TPSA) is 72.2 Å². The van der Waals surface area contributed by atoms with Crippen molar-refractivity contribution in [2.75, 3.05) is 49.2 Å². The zero-order valence-corrected chi connectivity index (χ0v) is 17.3. The van der Waals surface area contributed by atoms with Crippen LogP contribution in [0.4, 0.5) is 24.8 Å². The number of nitrogens with zero attached hydrogens (tertiary/aromatic N) is 7. The van der Waals surface area contributed by atoms with Gasteiger partial charge in [-0.05, 0) is 25.0 Å². The first-order valence-electron chi connectivity index (χ1n) is 10.7. The quantitative estimate of drug-likeness (QED) is 0.614. The first kappa shape index (κ1) is 19.7. The third-order valence-corrected chi connectivity index (χ3v) is 6.85. The monoisotopic (exact) mass is 445 g/mol. The van der Waals surface area contributed by atoms with E-state index in [0.29, 0.717) is 19.0 Å². The average molecular weight is 445 g/mol. The van der Waals surface area contributed by atoms with Crippen LogP contribution in [0.25, 0.3) is 11.2 Å². The molecule has 0 bridgehead atoms. The molecule has 3 aromatic heterocycles. The van der Waals surface area contributed by atoms with E-state index in [1.807, 2.05) is 9.58 Å². The van der Waals surface area contributed by atoms with E-state index in [0.717, 1.165) is 68.1 Å². The fourth-order valence-electron chi connectivity index (χ4n) is 4.81. The predicted molar refractivity (Wildman–Crippen MR) is 111 cm³/mol. The lowest BCUT2D eigenvalue weighted by molar-refractivity contribution is -0.137. The summed E-state index contributed by atoms with van der Waals surface area (Å²) < 4.78 is 46.2. The summed E-state index contributed by atoms with van der Waals surface area (Å²) in [6.45, 7) is 4.43. The molecule has 0 amide bonds. The largest absolute Gasteiger partial charge is 0.416 e. The standard InChI is InChI=1S/C21H22F3N7O/c22-21(23,24)14-1-4-25-17(7-14)30-12-20(13-30)2-5-29(6-3-20)18-9-26-16-8-27-31(19(16)28-18)15-10-32-11-15/h1,4,7-9,15H,2-3,5-6,10-13H2. The molecule has 32 heavy (non-hydrogen) atoms. The molecular weight excluding hydrogens is 423 g/mol. The number of fused-ring (bicyclic) bond motifs is 1. The number of ether oxygens (including phenoxy) is 1. The molecule has 6 heterocycles. The maximum absolute atomic E-state index is 13.0. The molecular formula is C21H22F3N7O. The van der Waals surface area contributed by atoms with Crippen LogP contribution in [-0.4, -0.2) is 64.1 Å². The van der Waals surface area contributed by atoms with Crippen LogP contribution in [0.15, 0.2) is 30.7 Å². The van der Waals surface area contributed by atoms with Crippen LogP contribution >= 0.6 is 0 Å². The Morgan fingerprint density at radius 1 is 1.00 bits per heavy atom. The van der Waals surface area contributed by atoms with Gasteiger partial charge in [0.25, 0.3) is 0 Å². The smallest absolute Gasteiger partial charge is 0.377 e. The van der Waals surface area contributed by atoms with Crippen LogP contribution in [0, 0.1) is 5.41 Å². The van der Waals surface area contributed by atoms with Crippen LogP contribution in [-0.2, 0) is 10.9 Å². The van der Waals surface area contributed by atoms with Gasteiger partial charge < -0.3 is 14.5 Å². The van der Waals surface area contributed by atoms with Crippen molar-refractivity contribution in [1.29, 1.82) is 0 Å². The van der Waals surface area contributed by atoms with Gasteiger partial charge in [-0.2, -0.15) is 18.3 Å². The zero-order valence-electron chi connectivity index (χ0n) is 17.3. The SMILES string of the molecule is FC(F)(F)c1ccnc(N2CC3(CCN(c4cnc5cnn(C6COC6)c5n4)CC3)C2)c1. The Hall–Kier alpha value is -2.95. The van der Waals surface area contributed by atoms with Crippen molar-refractivity contribution in [2.24, 2.45) is 5.41 Å². The average Bonchev–Trinajstić information content (AvgIpc) is 3.13. The van der Waals surface area contributed by atoms with Gasteiger partial charge in [-0.15, -0.1) is 0 Å². The number of hydrogen-bond acceptors (Lipinski definition) is 7. The highest BCUT2D eigenvalue weighted by molar-refractivity contribution is 5.71.